The Morgan fingerprint density at radius 3 is 2.54 bits per heavy atom. The average Bonchev–Trinajstić information content (AvgIpc) is 2.86. The number of carbonyl (C=O) groups is 1. The fourth-order valence-corrected chi connectivity index (χ4v) is 1.42. The van der Waals surface area contributed by atoms with Gasteiger partial charge in [0.25, 0.3) is 0 Å². The van der Waals surface area contributed by atoms with Gasteiger partial charge < -0.3 is 10.6 Å². The average molecular weight is 207 g/mol. The van der Waals surface area contributed by atoms with Crippen molar-refractivity contribution in [2.75, 3.05) is 13.1 Å². The summed E-state index contributed by atoms with van der Waals surface area (Å²) in [7, 11) is 0. The van der Waals surface area contributed by atoms with Crippen molar-refractivity contribution >= 4 is 18.3 Å². The van der Waals surface area contributed by atoms with Crippen LogP contribution in [0.3, 0.4) is 0 Å². The van der Waals surface area contributed by atoms with Crippen LogP contribution in [0.4, 0.5) is 0 Å². The van der Waals surface area contributed by atoms with Crippen LogP contribution >= 0.6 is 12.4 Å². The number of hydrogen-bond acceptors (Lipinski definition) is 2. The minimum absolute atomic E-state index is 0. The lowest BCUT2D eigenvalue weighted by Gasteiger charge is -2.19. The van der Waals surface area contributed by atoms with E-state index in [1.165, 1.54) is 12.8 Å². The van der Waals surface area contributed by atoms with Crippen molar-refractivity contribution in [2.45, 2.75) is 38.6 Å². The number of rotatable bonds is 5. The van der Waals surface area contributed by atoms with Crippen LogP contribution in [0.2, 0.25) is 0 Å². The molecule has 0 aromatic carbocycles. The molecule has 0 heterocycles. The predicted molar refractivity (Wildman–Crippen MR) is 55.9 cm³/mol. The normalized spacial score (nSPS) is 14.9. The van der Waals surface area contributed by atoms with Crippen LogP contribution in [0.15, 0.2) is 0 Å². The van der Waals surface area contributed by atoms with Gasteiger partial charge in [0, 0.05) is 19.0 Å². The minimum atomic E-state index is 0. The van der Waals surface area contributed by atoms with Crippen LogP contribution < -0.4 is 5.73 Å². The molecular weight excluding hydrogens is 188 g/mol. The molecule has 0 spiro atoms. The first kappa shape index (κ1) is 12.7. The van der Waals surface area contributed by atoms with Crippen molar-refractivity contribution in [2.24, 2.45) is 5.73 Å². The first-order valence-electron chi connectivity index (χ1n) is 4.79. The SMILES string of the molecule is CCN(C(=O)CCCN)C1CC1.Cl. The molecule has 1 saturated carbocycles. The van der Waals surface area contributed by atoms with E-state index in [0.717, 1.165) is 13.0 Å². The molecule has 3 nitrogen and oxygen atoms in total. The molecule has 1 aliphatic rings. The largest absolute Gasteiger partial charge is 0.340 e. The number of nitrogens with zero attached hydrogens (tertiary/aromatic N) is 1. The van der Waals surface area contributed by atoms with Crippen molar-refractivity contribution in [3.05, 3.63) is 0 Å². The standard InChI is InChI=1S/C9H18N2O.ClH/c1-2-11(8-5-6-8)9(12)4-3-7-10;/h8H,2-7,10H2,1H3;1H. The van der Waals surface area contributed by atoms with Crippen molar-refractivity contribution in [3.8, 4) is 0 Å². The van der Waals surface area contributed by atoms with E-state index in [0.29, 0.717) is 19.0 Å². The Bertz CT molecular complexity index is 160. The summed E-state index contributed by atoms with van der Waals surface area (Å²) in [5, 5.41) is 0. The molecule has 78 valence electrons. The quantitative estimate of drug-likeness (QED) is 0.734. The highest BCUT2D eigenvalue weighted by Gasteiger charge is 2.30. The van der Waals surface area contributed by atoms with Crippen molar-refractivity contribution in [1.29, 1.82) is 0 Å². The first-order valence-corrected chi connectivity index (χ1v) is 4.79. The van der Waals surface area contributed by atoms with Gasteiger partial charge >= 0.3 is 0 Å². The lowest BCUT2D eigenvalue weighted by molar-refractivity contribution is -0.131. The molecule has 13 heavy (non-hydrogen) atoms. The molecule has 0 aromatic heterocycles. The Kier molecular flexibility index (Phi) is 6.08. The zero-order valence-electron chi connectivity index (χ0n) is 8.16. The van der Waals surface area contributed by atoms with Crippen LogP contribution in [0, 0.1) is 0 Å². The fraction of sp³-hybridized carbons (Fsp3) is 0.889. The third-order valence-electron chi connectivity index (χ3n) is 2.24. The fourth-order valence-electron chi connectivity index (χ4n) is 1.42. The second kappa shape index (κ2) is 6.22. The van der Waals surface area contributed by atoms with Crippen LogP contribution in [-0.2, 0) is 4.79 Å². The second-order valence-corrected chi connectivity index (χ2v) is 3.30. The highest BCUT2D eigenvalue weighted by Crippen LogP contribution is 2.27. The van der Waals surface area contributed by atoms with E-state index < -0.39 is 0 Å². The summed E-state index contributed by atoms with van der Waals surface area (Å²) >= 11 is 0. The van der Waals surface area contributed by atoms with Gasteiger partial charge in [0.15, 0.2) is 0 Å². The monoisotopic (exact) mass is 206 g/mol. The summed E-state index contributed by atoms with van der Waals surface area (Å²) in [6.45, 7) is 3.51. The molecule has 0 radical (unpaired) electrons. The summed E-state index contributed by atoms with van der Waals surface area (Å²) in [4.78, 5) is 13.5. The maximum absolute atomic E-state index is 11.5. The van der Waals surface area contributed by atoms with Crippen molar-refractivity contribution < 1.29 is 4.79 Å². The zero-order valence-corrected chi connectivity index (χ0v) is 8.98. The molecule has 0 saturated heterocycles. The maximum atomic E-state index is 11.5. The van der Waals surface area contributed by atoms with Gasteiger partial charge in [-0.25, -0.2) is 0 Å². The minimum Gasteiger partial charge on any atom is -0.340 e. The molecule has 1 rings (SSSR count). The first-order chi connectivity index (χ1) is 5.79. The van der Waals surface area contributed by atoms with Gasteiger partial charge in [-0.2, -0.15) is 0 Å². The van der Waals surface area contributed by atoms with Gasteiger partial charge in [-0.05, 0) is 32.7 Å². The summed E-state index contributed by atoms with van der Waals surface area (Å²) in [6, 6.07) is 0.556. The highest BCUT2D eigenvalue weighted by molar-refractivity contribution is 5.85. The van der Waals surface area contributed by atoms with Gasteiger partial charge in [0.05, 0.1) is 0 Å². The summed E-state index contributed by atoms with van der Waals surface area (Å²) in [5.74, 6) is 0.283. The summed E-state index contributed by atoms with van der Waals surface area (Å²) < 4.78 is 0. The molecule has 0 unspecified atom stereocenters. The van der Waals surface area contributed by atoms with E-state index in [2.05, 4.69) is 0 Å². The van der Waals surface area contributed by atoms with Gasteiger partial charge in [-0.15, -0.1) is 12.4 Å². The van der Waals surface area contributed by atoms with Crippen LogP contribution in [-0.4, -0.2) is 29.9 Å². The van der Waals surface area contributed by atoms with Crippen LogP contribution in [0.25, 0.3) is 0 Å². The molecule has 0 bridgehead atoms. The Hall–Kier alpha value is -0.280. The molecule has 0 aliphatic heterocycles. The molecular formula is C9H19ClN2O. The van der Waals surface area contributed by atoms with Crippen LogP contribution in [0.1, 0.15) is 32.6 Å². The van der Waals surface area contributed by atoms with Gasteiger partial charge in [0.1, 0.15) is 0 Å². The molecule has 4 heteroatoms. The van der Waals surface area contributed by atoms with Crippen molar-refractivity contribution in [3.63, 3.8) is 0 Å². The number of carbonyl (C=O) groups excluding carboxylic acids is 1. The van der Waals surface area contributed by atoms with Crippen molar-refractivity contribution in [1.82, 2.24) is 4.90 Å². The van der Waals surface area contributed by atoms with Gasteiger partial charge in [0.2, 0.25) is 5.91 Å². The molecule has 1 aliphatic carbocycles. The number of nitrogens with two attached hydrogens (primary N) is 1. The van der Waals surface area contributed by atoms with E-state index in [9.17, 15) is 4.79 Å². The summed E-state index contributed by atoms with van der Waals surface area (Å²) in [5.41, 5.74) is 5.34. The van der Waals surface area contributed by atoms with Crippen LogP contribution in [0.5, 0.6) is 0 Å². The lowest BCUT2D eigenvalue weighted by atomic mass is 10.2. The van der Waals surface area contributed by atoms with Gasteiger partial charge in [-0.3, -0.25) is 4.79 Å². The lowest BCUT2D eigenvalue weighted by Crippen LogP contribution is -2.32. The molecule has 1 fully saturated rings. The Labute approximate surface area is 86.1 Å². The van der Waals surface area contributed by atoms with E-state index in [-0.39, 0.29) is 18.3 Å². The molecule has 0 atom stereocenters. The maximum Gasteiger partial charge on any atom is 0.222 e. The van der Waals surface area contributed by atoms with E-state index >= 15 is 0 Å². The molecule has 0 aromatic rings. The Morgan fingerprint density at radius 2 is 2.15 bits per heavy atom. The third kappa shape index (κ3) is 3.96. The zero-order chi connectivity index (χ0) is 8.97. The number of hydrogen-bond donors (Lipinski definition) is 1. The highest BCUT2D eigenvalue weighted by atomic mass is 35.5. The molecule has 1 amide bonds. The number of amides is 1. The third-order valence-corrected chi connectivity index (χ3v) is 2.24. The Morgan fingerprint density at radius 1 is 1.54 bits per heavy atom. The molecule has 2 N–H and O–H groups in total. The number of halogens is 1. The summed E-state index contributed by atoms with van der Waals surface area (Å²) in [6.07, 6.45) is 3.84. The van der Waals surface area contributed by atoms with E-state index in [4.69, 9.17) is 5.73 Å². The topological polar surface area (TPSA) is 46.3 Å². The predicted octanol–water partition coefficient (Wildman–Crippen LogP) is 1.16. The van der Waals surface area contributed by atoms with E-state index in [1.807, 2.05) is 11.8 Å². The second-order valence-electron chi connectivity index (χ2n) is 3.30. The smallest absolute Gasteiger partial charge is 0.222 e. The van der Waals surface area contributed by atoms with E-state index in [1.54, 1.807) is 0 Å². The Balaban J connectivity index is 0.00000144. The van der Waals surface area contributed by atoms with Gasteiger partial charge in [-0.1, -0.05) is 0 Å².